The van der Waals surface area contributed by atoms with Crippen LogP contribution >= 0.6 is 11.6 Å². The molecule has 1 heterocycles. The average molecular weight is 323 g/mol. The number of benzene rings is 2. The van der Waals surface area contributed by atoms with Gasteiger partial charge in [-0.25, -0.2) is 4.98 Å². The number of rotatable bonds is 1. The summed E-state index contributed by atoms with van der Waals surface area (Å²) in [5, 5.41) is 9.04. The normalized spacial score (nSPS) is 11.6. The van der Waals surface area contributed by atoms with Crippen LogP contribution in [0.2, 0.25) is 5.02 Å². The zero-order valence-corrected chi connectivity index (χ0v) is 11.5. The van der Waals surface area contributed by atoms with Crippen LogP contribution in [-0.2, 0) is 6.18 Å². The van der Waals surface area contributed by atoms with E-state index in [1.807, 2.05) is 6.07 Å². The Hall–Kier alpha value is -2.52. The van der Waals surface area contributed by atoms with Crippen LogP contribution in [0.25, 0.3) is 22.6 Å². The van der Waals surface area contributed by atoms with Crippen molar-refractivity contribution in [2.24, 2.45) is 0 Å². The zero-order valence-electron chi connectivity index (χ0n) is 10.8. The molecule has 0 saturated heterocycles. The van der Waals surface area contributed by atoms with Gasteiger partial charge in [-0.1, -0.05) is 11.6 Å². The van der Waals surface area contributed by atoms with Gasteiger partial charge in [0.05, 0.1) is 11.1 Å². The van der Waals surface area contributed by atoms with Gasteiger partial charge >= 0.3 is 6.18 Å². The topological polar surface area (TPSA) is 49.8 Å². The first kappa shape index (κ1) is 14.4. The van der Waals surface area contributed by atoms with E-state index in [0.29, 0.717) is 11.1 Å². The molecule has 0 amide bonds. The molecule has 110 valence electrons. The molecule has 0 bridgehead atoms. The minimum Gasteiger partial charge on any atom is -0.434 e. The summed E-state index contributed by atoms with van der Waals surface area (Å²) in [6.07, 6.45) is -4.40. The number of halogens is 4. The van der Waals surface area contributed by atoms with Crippen molar-refractivity contribution in [2.45, 2.75) is 6.18 Å². The molecule has 0 saturated carbocycles. The van der Waals surface area contributed by atoms with Crippen LogP contribution in [0, 0.1) is 11.3 Å². The largest absolute Gasteiger partial charge is 0.434 e. The summed E-state index contributed by atoms with van der Waals surface area (Å²) in [5.41, 5.74) is 0.537. The Morgan fingerprint density at radius 1 is 1.09 bits per heavy atom. The maximum atomic E-state index is 12.5. The number of fused-ring (bicyclic) bond motifs is 1. The second-order valence-electron chi connectivity index (χ2n) is 4.48. The lowest BCUT2D eigenvalue weighted by Gasteiger charge is -2.05. The van der Waals surface area contributed by atoms with Crippen LogP contribution in [0.4, 0.5) is 13.2 Å². The third-order valence-electron chi connectivity index (χ3n) is 3.08. The number of nitrogens with zero attached hydrogens (tertiary/aromatic N) is 2. The number of hydrogen-bond acceptors (Lipinski definition) is 3. The van der Waals surface area contributed by atoms with E-state index < -0.39 is 11.7 Å². The Morgan fingerprint density at radius 3 is 2.36 bits per heavy atom. The summed E-state index contributed by atoms with van der Waals surface area (Å²) in [4.78, 5) is 4.17. The molecule has 0 atom stereocenters. The first-order chi connectivity index (χ1) is 10.4. The highest BCUT2D eigenvalue weighted by Crippen LogP contribution is 2.33. The molecule has 0 spiro atoms. The molecule has 1 aromatic heterocycles. The van der Waals surface area contributed by atoms with E-state index in [2.05, 4.69) is 4.98 Å². The fourth-order valence-corrected chi connectivity index (χ4v) is 2.21. The number of oxazole rings is 1. The Balaban J connectivity index is 2.08. The zero-order chi connectivity index (χ0) is 15.9. The van der Waals surface area contributed by atoms with Crippen molar-refractivity contribution < 1.29 is 17.6 Å². The number of alkyl halides is 3. The average Bonchev–Trinajstić information content (AvgIpc) is 2.92. The Bertz CT molecular complexity index is 892. The van der Waals surface area contributed by atoms with E-state index >= 15 is 0 Å². The van der Waals surface area contributed by atoms with Crippen LogP contribution in [0.5, 0.6) is 0 Å². The molecular formula is C15H6ClF3N2O. The second kappa shape index (κ2) is 5.04. The van der Waals surface area contributed by atoms with Gasteiger partial charge in [-0.15, -0.1) is 0 Å². The van der Waals surface area contributed by atoms with Crippen LogP contribution in [0.15, 0.2) is 40.8 Å². The highest BCUT2D eigenvalue weighted by atomic mass is 35.5. The molecule has 2 aromatic carbocycles. The summed E-state index contributed by atoms with van der Waals surface area (Å²) < 4.78 is 43.1. The predicted molar refractivity (Wildman–Crippen MR) is 74.2 cm³/mol. The number of nitriles is 1. The summed E-state index contributed by atoms with van der Waals surface area (Å²) >= 11 is 6.02. The molecule has 0 aliphatic rings. The van der Waals surface area contributed by atoms with Crippen molar-refractivity contribution in [2.75, 3.05) is 0 Å². The van der Waals surface area contributed by atoms with Gasteiger partial charge in [0.15, 0.2) is 5.58 Å². The number of aromatic nitrogens is 1. The molecule has 0 radical (unpaired) electrons. The van der Waals surface area contributed by atoms with Gasteiger partial charge in [0.1, 0.15) is 16.6 Å². The molecule has 0 N–H and O–H groups in total. The minimum atomic E-state index is -4.40. The molecular weight excluding hydrogens is 317 g/mol. The predicted octanol–water partition coefficient (Wildman–Crippen LogP) is 5.04. The maximum Gasteiger partial charge on any atom is 0.416 e. The Morgan fingerprint density at radius 2 is 1.77 bits per heavy atom. The standard InChI is InChI=1S/C15H6ClF3N2O/c16-12-9(7-20)3-6-11-13(12)22-14(21-11)8-1-4-10(5-2-8)15(17,18)19/h1-6H. The van der Waals surface area contributed by atoms with Gasteiger partial charge in [-0.3, -0.25) is 0 Å². The molecule has 3 rings (SSSR count). The second-order valence-corrected chi connectivity index (χ2v) is 4.86. The fraction of sp³-hybridized carbons (Fsp3) is 0.0667. The quantitative estimate of drug-likeness (QED) is 0.630. The van der Waals surface area contributed by atoms with E-state index in [4.69, 9.17) is 21.3 Å². The third kappa shape index (κ3) is 2.40. The van der Waals surface area contributed by atoms with Crippen molar-refractivity contribution in [1.29, 1.82) is 5.26 Å². The van der Waals surface area contributed by atoms with Crippen LogP contribution in [-0.4, -0.2) is 4.98 Å². The van der Waals surface area contributed by atoms with Gasteiger partial charge in [0, 0.05) is 5.56 Å². The van der Waals surface area contributed by atoms with E-state index in [0.717, 1.165) is 12.1 Å². The summed E-state index contributed by atoms with van der Waals surface area (Å²) in [7, 11) is 0. The van der Waals surface area contributed by atoms with Crippen molar-refractivity contribution in [1.82, 2.24) is 4.98 Å². The monoisotopic (exact) mass is 322 g/mol. The molecule has 7 heteroatoms. The van der Waals surface area contributed by atoms with Crippen molar-refractivity contribution in [3.05, 3.63) is 52.5 Å². The first-order valence-electron chi connectivity index (χ1n) is 6.07. The fourth-order valence-electron chi connectivity index (χ4n) is 1.97. The van der Waals surface area contributed by atoms with Crippen LogP contribution in [0.3, 0.4) is 0 Å². The van der Waals surface area contributed by atoms with Gasteiger partial charge in [-0.2, -0.15) is 18.4 Å². The molecule has 0 fully saturated rings. The van der Waals surface area contributed by atoms with Crippen LogP contribution in [0.1, 0.15) is 11.1 Å². The van der Waals surface area contributed by atoms with Gasteiger partial charge in [-0.05, 0) is 36.4 Å². The lowest BCUT2D eigenvalue weighted by atomic mass is 10.1. The molecule has 0 aliphatic heterocycles. The Kier molecular flexibility index (Phi) is 3.30. The van der Waals surface area contributed by atoms with Gasteiger partial charge in [0.2, 0.25) is 5.89 Å². The highest BCUT2D eigenvalue weighted by Gasteiger charge is 2.30. The first-order valence-corrected chi connectivity index (χ1v) is 6.45. The van der Waals surface area contributed by atoms with E-state index in [1.165, 1.54) is 18.2 Å². The highest BCUT2D eigenvalue weighted by molar-refractivity contribution is 6.35. The van der Waals surface area contributed by atoms with Crippen molar-refractivity contribution in [3.8, 4) is 17.5 Å². The molecule has 3 aromatic rings. The van der Waals surface area contributed by atoms with Crippen LogP contribution < -0.4 is 0 Å². The molecule has 0 aliphatic carbocycles. The lowest BCUT2D eigenvalue weighted by Crippen LogP contribution is -2.03. The maximum absolute atomic E-state index is 12.5. The molecule has 0 unspecified atom stereocenters. The Labute approximate surface area is 127 Å². The smallest absolute Gasteiger partial charge is 0.416 e. The van der Waals surface area contributed by atoms with E-state index in [9.17, 15) is 13.2 Å². The number of hydrogen-bond donors (Lipinski definition) is 0. The van der Waals surface area contributed by atoms with Crippen molar-refractivity contribution >= 4 is 22.7 Å². The lowest BCUT2D eigenvalue weighted by molar-refractivity contribution is -0.137. The summed E-state index contributed by atoms with van der Waals surface area (Å²) in [5.74, 6) is 0.140. The molecule has 22 heavy (non-hydrogen) atoms. The SMILES string of the molecule is N#Cc1ccc2nc(-c3ccc(C(F)(F)F)cc3)oc2c1Cl. The summed E-state index contributed by atoms with van der Waals surface area (Å²) in [6.45, 7) is 0. The van der Waals surface area contributed by atoms with E-state index in [1.54, 1.807) is 6.07 Å². The summed E-state index contributed by atoms with van der Waals surface area (Å²) in [6, 6.07) is 9.43. The van der Waals surface area contributed by atoms with Gasteiger partial charge < -0.3 is 4.42 Å². The van der Waals surface area contributed by atoms with Gasteiger partial charge in [0.25, 0.3) is 0 Å². The van der Waals surface area contributed by atoms with Crippen molar-refractivity contribution in [3.63, 3.8) is 0 Å². The van der Waals surface area contributed by atoms with E-state index in [-0.39, 0.29) is 22.1 Å². The third-order valence-corrected chi connectivity index (χ3v) is 3.45. The minimum absolute atomic E-state index is 0.130. The molecule has 3 nitrogen and oxygen atoms in total.